The second-order valence-electron chi connectivity index (χ2n) is 4.54. The molecule has 6 nitrogen and oxygen atoms in total. The molecule has 9 heteroatoms. The predicted octanol–water partition coefficient (Wildman–Crippen LogP) is 1.96. The van der Waals surface area contributed by atoms with Gasteiger partial charge < -0.3 is 4.90 Å². The van der Waals surface area contributed by atoms with E-state index in [1.807, 2.05) is 0 Å². The molecule has 0 N–H and O–H groups in total. The van der Waals surface area contributed by atoms with Gasteiger partial charge in [-0.15, -0.1) is 22.3 Å². The van der Waals surface area contributed by atoms with E-state index >= 15 is 0 Å². The van der Waals surface area contributed by atoms with Crippen molar-refractivity contribution in [3.05, 3.63) is 41.3 Å². The summed E-state index contributed by atoms with van der Waals surface area (Å²) in [5, 5.41) is 1.81. The summed E-state index contributed by atoms with van der Waals surface area (Å²) in [6, 6.07) is 3.13. The number of thiophene rings is 1. The Hall–Kier alpha value is -1.58. The molecule has 1 aliphatic heterocycles. The Kier molecular flexibility index (Phi) is 5.09. The summed E-state index contributed by atoms with van der Waals surface area (Å²) in [5.74, 6) is -0.279. The van der Waals surface area contributed by atoms with Crippen LogP contribution in [0, 0.1) is 0 Å². The van der Waals surface area contributed by atoms with Crippen molar-refractivity contribution >= 4 is 44.2 Å². The van der Waals surface area contributed by atoms with Crippen molar-refractivity contribution in [2.24, 2.45) is 4.40 Å². The van der Waals surface area contributed by atoms with Gasteiger partial charge in [-0.1, -0.05) is 12.1 Å². The van der Waals surface area contributed by atoms with Crippen LogP contribution in [0.15, 0.2) is 49.9 Å². The van der Waals surface area contributed by atoms with Crippen LogP contribution in [0.25, 0.3) is 0 Å². The number of nitrogens with zero attached hydrogens (tertiary/aromatic N) is 3. The zero-order chi connectivity index (χ0) is 16.3. The molecule has 2 rings (SSSR count). The Labute approximate surface area is 137 Å². The van der Waals surface area contributed by atoms with Crippen LogP contribution in [0.2, 0.25) is 0 Å². The smallest absolute Gasteiger partial charge is 0.294 e. The summed E-state index contributed by atoms with van der Waals surface area (Å²) < 4.78 is 28.5. The van der Waals surface area contributed by atoms with E-state index in [1.165, 1.54) is 17.0 Å². The molecule has 0 saturated carbocycles. The minimum absolute atomic E-state index is 0.145. The Morgan fingerprint density at radius 2 is 2.18 bits per heavy atom. The number of amides is 1. The largest absolute Gasteiger partial charge is 0.382 e. The summed E-state index contributed by atoms with van der Waals surface area (Å²) in [4.78, 5) is 15.8. The average Bonchev–Trinajstić information content (AvgIpc) is 3.03. The first-order valence-corrected chi connectivity index (χ1v) is 9.36. The fourth-order valence-corrected chi connectivity index (χ4v) is 4.88. The van der Waals surface area contributed by atoms with Gasteiger partial charge >= 0.3 is 0 Å². The third-order valence-corrected chi connectivity index (χ3v) is 6.27. The molecule has 1 aromatic heterocycles. The number of carbonyl (C=O) groups excluding carboxylic acids is 1. The van der Waals surface area contributed by atoms with Gasteiger partial charge in [0.1, 0.15) is 4.21 Å². The first-order chi connectivity index (χ1) is 10.3. The number of sulfonamides is 1. The quantitative estimate of drug-likeness (QED) is 0.595. The third-order valence-electron chi connectivity index (χ3n) is 2.52. The zero-order valence-corrected chi connectivity index (χ0v) is 14.5. The number of hydrogen-bond acceptors (Lipinski definition) is 6. The molecule has 0 radical (unpaired) electrons. The van der Waals surface area contributed by atoms with E-state index in [0.717, 1.165) is 23.1 Å². The molecule has 0 spiro atoms. The highest BCUT2D eigenvalue weighted by atomic mass is 32.2. The molecule has 1 fully saturated rings. The molecule has 2 heterocycles. The maximum atomic E-state index is 12.3. The van der Waals surface area contributed by atoms with Crippen LogP contribution in [-0.4, -0.2) is 49.9 Å². The van der Waals surface area contributed by atoms with Gasteiger partial charge in [-0.2, -0.15) is 8.42 Å². The van der Waals surface area contributed by atoms with Gasteiger partial charge in [0.2, 0.25) is 0 Å². The normalized spacial score (nSPS) is 19.2. The molecule has 0 aliphatic carbocycles. The maximum absolute atomic E-state index is 12.3. The minimum Gasteiger partial charge on any atom is -0.382 e. The second-order valence-corrected chi connectivity index (χ2v) is 8.33. The lowest BCUT2D eigenvalue weighted by molar-refractivity contribution is -0.121. The highest BCUT2D eigenvalue weighted by Crippen LogP contribution is 2.32. The van der Waals surface area contributed by atoms with Crippen LogP contribution >= 0.6 is 23.1 Å². The molecular formula is C13H15N3O3S3. The van der Waals surface area contributed by atoms with Crippen molar-refractivity contribution in [1.82, 2.24) is 9.80 Å². The molecule has 1 amide bonds. The highest BCUT2D eigenvalue weighted by molar-refractivity contribution is 8.19. The summed E-state index contributed by atoms with van der Waals surface area (Å²) in [6.07, 6.45) is 3.17. The molecular weight excluding hydrogens is 342 g/mol. The molecule has 0 bridgehead atoms. The Morgan fingerprint density at radius 3 is 2.73 bits per heavy atom. The number of hydrogen-bond donors (Lipinski definition) is 0. The third kappa shape index (κ3) is 3.60. The monoisotopic (exact) mass is 357 g/mol. The van der Waals surface area contributed by atoms with Gasteiger partial charge in [-0.3, -0.25) is 9.69 Å². The SMILES string of the molecule is C=CCN1C(=O)/C(=C/N(C)C)SC1=NS(=O)(=O)c1cccs1. The Balaban J connectivity index is 2.42. The Bertz CT molecular complexity index is 734. The van der Waals surface area contributed by atoms with Crippen molar-refractivity contribution in [1.29, 1.82) is 0 Å². The van der Waals surface area contributed by atoms with Crippen molar-refractivity contribution in [3.63, 3.8) is 0 Å². The van der Waals surface area contributed by atoms with Crippen LogP contribution in [0.1, 0.15) is 0 Å². The van der Waals surface area contributed by atoms with E-state index in [2.05, 4.69) is 11.0 Å². The zero-order valence-electron chi connectivity index (χ0n) is 12.1. The molecule has 22 heavy (non-hydrogen) atoms. The van der Waals surface area contributed by atoms with E-state index in [9.17, 15) is 13.2 Å². The predicted molar refractivity (Wildman–Crippen MR) is 90.2 cm³/mol. The van der Waals surface area contributed by atoms with Crippen LogP contribution in [-0.2, 0) is 14.8 Å². The van der Waals surface area contributed by atoms with Crippen LogP contribution in [0.5, 0.6) is 0 Å². The number of carbonyl (C=O) groups is 1. The molecule has 1 aliphatic rings. The average molecular weight is 357 g/mol. The van der Waals surface area contributed by atoms with E-state index < -0.39 is 10.0 Å². The van der Waals surface area contributed by atoms with E-state index in [1.54, 1.807) is 36.6 Å². The standard InChI is InChI=1S/C13H15N3O3S3/c1-4-7-16-12(17)10(9-15(2)3)21-13(16)14-22(18,19)11-6-5-8-20-11/h4-6,8-9H,1,7H2,2-3H3/b10-9-,14-13?. The van der Waals surface area contributed by atoms with Gasteiger partial charge in [-0.25, -0.2) is 0 Å². The summed E-state index contributed by atoms with van der Waals surface area (Å²) in [6.45, 7) is 3.79. The summed E-state index contributed by atoms with van der Waals surface area (Å²) in [5.41, 5.74) is 0. The first-order valence-electron chi connectivity index (χ1n) is 6.22. The van der Waals surface area contributed by atoms with Crippen molar-refractivity contribution in [2.75, 3.05) is 20.6 Å². The maximum Gasteiger partial charge on any atom is 0.294 e. The van der Waals surface area contributed by atoms with Gasteiger partial charge in [0.15, 0.2) is 5.17 Å². The molecule has 0 unspecified atom stereocenters. The van der Waals surface area contributed by atoms with Crippen molar-refractivity contribution in [2.45, 2.75) is 4.21 Å². The van der Waals surface area contributed by atoms with Gasteiger partial charge in [0, 0.05) is 26.8 Å². The van der Waals surface area contributed by atoms with E-state index in [-0.39, 0.29) is 21.8 Å². The number of thioether (sulfide) groups is 1. The van der Waals surface area contributed by atoms with Gasteiger partial charge in [0.05, 0.1) is 4.91 Å². The van der Waals surface area contributed by atoms with E-state index in [4.69, 9.17) is 0 Å². The molecule has 1 aromatic rings. The minimum atomic E-state index is -3.81. The number of amidine groups is 1. The first kappa shape index (κ1) is 16.8. The van der Waals surface area contributed by atoms with Crippen LogP contribution < -0.4 is 0 Å². The lowest BCUT2D eigenvalue weighted by Crippen LogP contribution is -2.30. The molecule has 0 atom stereocenters. The van der Waals surface area contributed by atoms with Crippen molar-refractivity contribution in [3.8, 4) is 0 Å². The van der Waals surface area contributed by atoms with Crippen LogP contribution in [0.4, 0.5) is 0 Å². The second kappa shape index (κ2) is 6.67. The lowest BCUT2D eigenvalue weighted by atomic mass is 10.4. The van der Waals surface area contributed by atoms with Crippen molar-refractivity contribution < 1.29 is 13.2 Å². The van der Waals surface area contributed by atoms with E-state index in [0.29, 0.717) is 4.91 Å². The number of rotatable bonds is 5. The molecule has 0 aromatic carbocycles. The fraction of sp³-hybridized carbons (Fsp3) is 0.231. The highest BCUT2D eigenvalue weighted by Gasteiger charge is 2.34. The lowest BCUT2D eigenvalue weighted by Gasteiger charge is -2.12. The van der Waals surface area contributed by atoms with Gasteiger partial charge in [0.25, 0.3) is 15.9 Å². The van der Waals surface area contributed by atoms with Crippen LogP contribution in [0.3, 0.4) is 0 Å². The fourth-order valence-electron chi connectivity index (χ4n) is 1.65. The molecule has 1 saturated heterocycles. The summed E-state index contributed by atoms with van der Waals surface area (Å²) in [7, 11) is -0.234. The Morgan fingerprint density at radius 1 is 1.45 bits per heavy atom. The summed E-state index contributed by atoms with van der Waals surface area (Å²) >= 11 is 2.13. The topological polar surface area (TPSA) is 70.1 Å². The van der Waals surface area contributed by atoms with Gasteiger partial charge in [-0.05, 0) is 23.2 Å². The molecule has 118 valence electrons.